The summed E-state index contributed by atoms with van der Waals surface area (Å²) in [5.41, 5.74) is 0. The van der Waals surface area contributed by atoms with Crippen molar-refractivity contribution in [2.75, 3.05) is 52.5 Å². The second kappa shape index (κ2) is 39.9. The van der Waals surface area contributed by atoms with Crippen LogP contribution in [0.3, 0.4) is 0 Å². The minimum absolute atomic E-state index is 0. The van der Waals surface area contributed by atoms with Gasteiger partial charge in [0, 0.05) is 39.3 Å². The average Bonchev–Trinajstić information content (AvgIpc) is 2.55. The third kappa shape index (κ3) is 68.6. The van der Waals surface area contributed by atoms with Gasteiger partial charge in [-0.1, -0.05) is 0 Å². The molecule has 3 N–H and O–H groups in total. The number of nitrogens with zero attached hydrogens (tertiary/aromatic N) is 2. The van der Waals surface area contributed by atoms with Crippen molar-refractivity contribution < 1.29 is 263 Å². The average molecular weight is 678 g/mol. The van der Waals surface area contributed by atoms with Crippen molar-refractivity contribution in [2.45, 2.75) is 6.10 Å². The van der Waals surface area contributed by atoms with Crippen molar-refractivity contribution in [2.24, 2.45) is 0 Å². The number of carboxylic acid groups (broad SMARTS) is 4. The van der Waals surface area contributed by atoms with Crippen LogP contribution in [0.15, 0.2) is 0 Å². The van der Waals surface area contributed by atoms with Crippen LogP contribution in [0.1, 0.15) is 0 Å². The molecule has 0 saturated heterocycles. The van der Waals surface area contributed by atoms with Gasteiger partial charge in [-0.2, -0.15) is 0 Å². The number of carboxylic acids is 4. The molecule has 0 atom stereocenters. The van der Waals surface area contributed by atoms with E-state index < -0.39 is 72.9 Å². The van der Waals surface area contributed by atoms with Crippen LogP contribution in [0, 0.1) is 0 Å². The van der Waals surface area contributed by atoms with Gasteiger partial charge in [0.2, 0.25) is 0 Å². The number of aliphatic hydroxyl groups is 3. The second-order valence-corrected chi connectivity index (χ2v) is 7.34. The molecule has 0 radical (unpaired) electrons. The van der Waals surface area contributed by atoms with E-state index in [1.54, 1.807) is 0 Å². The summed E-state index contributed by atoms with van der Waals surface area (Å²) in [6.45, 7) is -3.98. The molecule has 0 saturated carbocycles. The zero-order chi connectivity index (χ0) is 25.2. The molecule has 0 aromatic rings. The first kappa shape index (κ1) is 64.0. The molecule has 0 amide bonds. The molecule has 37 heavy (non-hydrogen) atoms. The normalized spacial score (nSPS) is 8.97. The van der Waals surface area contributed by atoms with E-state index >= 15 is 0 Å². The summed E-state index contributed by atoms with van der Waals surface area (Å²) < 4.78 is 34.5. The molecule has 0 spiro atoms. The van der Waals surface area contributed by atoms with E-state index in [2.05, 4.69) is 0 Å². The van der Waals surface area contributed by atoms with Gasteiger partial charge in [-0.05, 0) is 0 Å². The van der Waals surface area contributed by atoms with Crippen molar-refractivity contribution in [1.29, 1.82) is 0 Å². The number of aliphatic carboxylic acids is 4. The first-order valence-electron chi connectivity index (χ1n) is 7.82. The number of carbonyl (C=O) groups is 4. The molecule has 184 valence electrons. The van der Waals surface area contributed by atoms with E-state index in [0.29, 0.717) is 0 Å². The number of aliphatic hydroxyl groups excluding tert-OH is 3. The topological polar surface area (TPSA) is 308 Å². The molecular formula is C13H20MoN2Na6O15. The quantitative estimate of drug-likeness (QED) is 0.152. The van der Waals surface area contributed by atoms with E-state index in [9.17, 15) is 39.6 Å². The Labute approximate surface area is 349 Å². The standard InChI is InChI=1S/C10H16N2O8.C3H8O3.Mo.6Na.4O/c13-7(14)3-11(4-8(15)16)1-2-12(5-9(17)18)6-10(19)20;4-1-3(6)2-5;;;;;;;;;;;/h1-6H2,(H,13,14)(H,15,16)(H,17,18)(H,19,20);3-6H,1-2H2;;;;;;;;;;;/q;;;6*+1;;;2*-1/p-4. The molecule has 0 aliphatic carbocycles. The van der Waals surface area contributed by atoms with Gasteiger partial charge in [0.25, 0.3) is 0 Å². The van der Waals surface area contributed by atoms with Crippen molar-refractivity contribution in [1.82, 2.24) is 9.80 Å². The molecule has 17 nitrogen and oxygen atoms in total. The van der Waals surface area contributed by atoms with Crippen molar-refractivity contribution in [3.8, 4) is 0 Å². The van der Waals surface area contributed by atoms with E-state index in [4.69, 9.17) is 29.6 Å². The first-order chi connectivity index (χ1) is 14.0. The van der Waals surface area contributed by atoms with Crippen molar-refractivity contribution >= 4 is 23.9 Å². The van der Waals surface area contributed by atoms with Crippen molar-refractivity contribution in [3.63, 3.8) is 0 Å². The molecule has 0 aliphatic heterocycles. The van der Waals surface area contributed by atoms with Gasteiger partial charge in [-0.15, -0.1) is 0 Å². The van der Waals surface area contributed by atoms with E-state index in [1.165, 1.54) is 0 Å². The first-order valence-corrected chi connectivity index (χ1v) is 11.1. The fourth-order valence-corrected chi connectivity index (χ4v) is 1.50. The summed E-state index contributed by atoms with van der Waals surface area (Å²) in [4.78, 5) is 43.4. The zero-order valence-electron chi connectivity index (χ0n) is 21.8. The summed E-state index contributed by atoms with van der Waals surface area (Å²) in [5, 5.41) is 65.6. The number of carbonyl (C=O) groups excluding carboxylic acids is 4. The molecule has 0 aliphatic rings. The van der Waals surface area contributed by atoms with Gasteiger partial charge < -0.3 is 54.9 Å². The predicted octanol–water partition coefficient (Wildman–Crippen LogP) is -29.7. The summed E-state index contributed by atoms with van der Waals surface area (Å²) in [7, 11) is 0. The fourth-order valence-electron chi connectivity index (χ4n) is 1.50. The predicted molar refractivity (Wildman–Crippen MR) is 74.5 cm³/mol. The number of hydrogen-bond acceptors (Lipinski definition) is 17. The molecule has 0 bridgehead atoms. The monoisotopic (exact) mass is 680 g/mol. The van der Waals surface area contributed by atoms with Crippen LogP contribution >= 0.6 is 0 Å². The van der Waals surface area contributed by atoms with Crippen LogP contribution in [0.5, 0.6) is 0 Å². The maximum absolute atomic E-state index is 10.4. The Bertz CT molecular complexity index is 597. The van der Waals surface area contributed by atoms with Crippen LogP contribution < -0.4 is 205 Å². The summed E-state index contributed by atoms with van der Waals surface area (Å²) in [6.07, 6.45) is -0.954. The summed E-state index contributed by atoms with van der Waals surface area (Å²) in [6, 6.07) is 0. The Hall–Kier alpha value is 3.89. The molecule has 0 aromatic heterocycles. The van der Waals surface area contributed by atoms with E-state index in [1.807, 2.05) is 0 Å². The number of hydrogen-bond donors (Lipinski definition) is 3. The van der Waals surface area contributed by atoms with Crippen LogP contribution in [-0.4, -0.2) is 108 Å². The second-order valence-electron chi connectivity index (χ2n) is 5.34. The Morgan fingerprint density at radius 2 is 0.757 bits per heavy atom. The Morgan fingerprint density at radius 3 is 0.838 bits per heavy atom. The van der Waals surface area contributed by atoms with Crippen LogP contribution in [-0.2, 0) is 42.7 Å². The fraction of sp³-hybridized carbons (Fsp3) is 0.692. The Morgan fingerprint density at radius 1 is 0.595 bits per heavy atom. The molecular weight excluding hydrogens is 658 g/mol. The van der Waals surface area contributed by atoms with Gasteiger partial charge in [0.1, 0.15) is 6.10 Å². The van der Waals surface area contributed by atoms with Gasteiger partial charge >= 0.3 is 208 Å². The van der Waals surface area contributed by atoms with Gasteiger partial charge in [0.05, 0.1) is 37.1 Å². The summed E-state index contributed by atoms with van der Waals surface area (Å²) >= 11 is -6.02. The molecule has 24 heteroatoms. The Balaban J connectivity index is -0.0000000562. The van der Waals surface area contributed by atoms with Gasteiger partial charge in [-0.3, -0.25) is 9.80 Å². The maximum atomic E-state index is 10.4. The van der Waals surface area contributed by atoms with E-state index in [0.717, 1.165) is 9.80 Å². The Kier molecular flexibility index (Phi) is 69.0. The van der Waals surface area contributed by atoms with Gasteiger partial charge in [-0.25, -0.2) is 0 Å². The minimum atomic E-state index is -6.02. The summed E-state index contributed by atoms with van der Waals surface area (Å²) in [5.74, 6) is -6.12. The van der Waals surface area contributed by atoms with Crippen LogP contribution in [0.25, 0.3) is 0 Å². The molecule has 0 rings (SSSR count). The van der Waals surface area contributed by atoms with Crippen molar-refractivity contribution in [3.05, 3.63) is 0 Å². The molecule has 0 aromatic carbocycles. The third-order valence-electron chi connectivity index (χ3n) is 2.56. The third-order valence-corrected chi connectivity index (χ3v) is 2.56. The van der Waals surface area contributed by atoms with Gasteiger partial charge in [0.15, 0.2) is 0 Å². The zero-order valence-corrected chi connectivity index (χ0v) is 35.8. The molecule has 0 heterocycles. The SMILES string of the molecule is O=C([O-])CN(CCN(CC(=O)[O-])CC(=O)[O-])CC(=O)[O-].OCC(O)CO.[Na+].[Na+].[Na+].[Na+].[Na+].[Na+].[O]=[Mo](=[O])([O-])[O-]. The number of rotatable bonds is 13. The molecule has 0 fully saturated rings. The van der Waals surface area contributed by atoms with Crippen LogP contribution in [0.2, 0.25) is 0 Å². The molecule has 0 unspecified atom stereocenters. The van der Waals surface area contributed by atoms with E-state index in [-0.39, 0.29) is 204 Å². The van der Waals surface area contributed by atoms with Crippen LogP contribution in [0.4, 0.5) is 0 Å².